The summed E-state index contributed by atoms with van der Waals surface area (Å²) in [4.78, 5) is 6.67. The summed E-state index contributed by atoms with van der Waals surface area (Å²) in [7, 11) is 4.00. The van der Waals surface area contributed by atoms with E-state index in [1.54, 1.807) is 12.1 Å². The van der Waals surface area contributed by atoms with Crippen molar-refractivity contribution in [2.45, 2.75) is 20.3 Å². The first kappa shape index (κ1) is 14.3. The number of benzene rings is 1. The quantitative estimate of drug-likeness (QED) is 0.579. The smallest absolute Gasteiger partial charge is 0.107 e. The first-order valence-corrected chi connectivity index (χ1v) is 6.42. The minimum Gasteiger partial charge on any atom is -0.366 e. The van der Waals surface area contributed by atoms with E-state index >= 15 is 0 Å². The maximum absolute atomic E-state index is 5.98. The van der Waals surface area contributed by atoms with Gasteiger partial charge in [-0.2, -0.15) is 0 Å². The van der Waals surface area contributed by atoms with E-state index in [1.165, 1.54) is 0 Å². The predicted molar refractivity (Wildman–Crippen MR) is 76.7 cm³/mol. The summed E-state index contributed by atoms with van der Waals surface area (Å²) in [6.45, 7) is 4.31. The summed E-state index contributed by atoms with van der Waals surface area (Å²) >= 11 is 11.9. The molecule has 0 amide bonds. The second-order valence-corrected chi connectivity index (χ2v) is 5.09. The van der Waals surface area contributed by atoms with Crippen LogP contribution in [-0.2, 0) is 0 Å². The SMILES string of the molecule is CC[C@@H](C)C(=Nc1ccc(Cl)c(Cl)c1)N(C)C. The third kappa shape index (κ3) is 3.90. The summed E-state index contributed by atoms with van der Waals surface area (Å²) in [5.41, 5.74) is 0.836. The van der Waals surface area contributed by atoms with E-state index in [9.17, 15) is 0 Å². The summed E-state index contributed by atoms with van der Waals surface area (Å²) in [6.07, 6.45) is 1.05. The van der Waals surface area contributed by atoms with Gasteiger partial charge in [0.25, 0.3) is 0 Å². The van der Waals surface area contributed by atoms with Crippen molar-refractivity contribution in [2.24, 2.45) is 10.9 Å². The molecule has 0 saturated heterocycles. The molecule has 0 spiro atoms. The molecule has 0 aromatic heterocycles. The number of amidine groups is 1. The number of aliphatic imine (C=N–C) groups is 1. The van der Waals surface area contributed by atoms with E-state index in [0.717, 1.165) is 17.9 Å². The van der Waals surface area contributed by atoms with Crippen LogP contribution < -0.4 is 0 Å². The Morgan fingerprint density at radius 3 is 2.41 bits per heavy atom. The van der Waals surface area contributed by atoms with Crippen LogP contribution in [0.2, 0.25) is 10.0 Å². The van der Waals surface area contributed by atoms with Gasteiger partial charge in [-0.25, -0.2) is 4.99 Å². The van der Waals surface area contributed by atoms with Crippen LogP contribution in [0.3, 0.4) is 0 Å². The van der Waals surface area contributed by atoms with Crippen LogP contribution in [0, 0.1) is 5.92 Å². The average molecular weight is 273 g/mol. The van der Waals surface area contributed by atoms with Gasteiger partial charge >= 0.3 is 0 Å². The van der Waals surface area contributed by atoms with Crippen LogP contribution in [-0.4, -0.2) is 24.8 Å². The molecule has 0 bridgehead atoms. The average Bonchev–Trinajstić information content (AvgIpc) is 2.29. The molecule has 0 N–H and O–H groups in total. The summed E-state index contributed by atoms with van der Waals surface area (Å²) in [6, 6.07) is 5.43. The van der Waals surface area contributed by atoms with Crippen LogP contribution in [0.15, 0.2) is 23.2 Å². The van der Waals surface area contributed by atoms with Crippen LogP contribution in [0.4, 0.5) is 5.69 Å². The third-order valence-corrected chi connectivity index (χ3v) is 3.40. The highest BCUT2D eigenvalue weighted by atomic mass is 35.5. The lowest BCUT2D eigenvalue weighted by Gasteiger charge is -2.21. The fourth-order valence-electron chi connectivity index (χ4n) is 1.52. The van der Waals surface area contributed by atoms with Gasteiger partial charge in [-0.1, -0.05) is 37.0 Å². The zero-order valence-electron chi connectivity index (χ0n) is 10.7. The molecule has 0 saturated carbocycles. The maximum atomic E-state index is 5.98. The molecule has 0 aliphatic rings. The van der Waals surface area contributed by atoms with Gasteiger partial charge in [-0.05, 0) is 24.6 Å². The summed E-state index contributed by atoms with van der Waals surface area (Å²) in [5, 5.41) is 1.09. The van der Waals surface area contributed by atoms with Gasteiger partial charge in [-0.3, -0.25) is 0 Å². The van der Waals surface area contributed by atoms with Crippen molar-refractivity contribution in [3.8, 4) is 0 Å². The number of nitrogens with zero attached hydrogens (tertiary/aromatic N) is 2. The van der Waals surface area contributed by atoms with Crippen LogP contribution in [0.25, 0.3) is 0 Å². The van der Waals surface area contributed by atoms with Gasteiger partial charge in [0.05, 0.1) is 15.7 Å². The topological polar surface area (TPSA) is 15.6 Å². The fraction of sp³-hybridized carbons (Fsp3) is 0.462. The molecule has 0 heterocycles. The van der Waals surface area contributed by atoms with E-state index in [2.05, 4.69) is 18.8 Å². The Bertz CT molecular complexity index is 414. The molecule has 0 unspecified atom stereocenters. The lowest BCUT2D eigenvalue weighted by atomic mass is 10.1. The van der Waals surface area contributed by atoms with Crippen molar-refractivity contribution in [3.05, 3.63) is 28.2 Å². The van der Waals surface area contributed by atoms with Gasteiger partial charge in [0.15, 0.2) is 0 Å². The van der Waals surface area contributed by atoms with E-state index in [0.29, 0.717) is 16.0 Å². The highest BCUT2D eigenvalue weighted by Crippen LogP contribution is 2.27. The first-order valence-electron chi connectivity index (χ1n) is 5.66. The first-order chi connectivity index (χ1) is 7.95. The molecular formula is C13H18Cl2N2. The van der Waals surface area contributed by atoms with Gasteiger partial charge < -0.3 is 4.90 Å². The minimum absolute atomic E-state index is 0.416. The molecule has 4 heteroatoms. The molecule has 94 valence electrons. The molecule has 1 rings (SSSR count). The molecule has 0 fully saturated rings. The van der Waals surface area contributed by atoms with Crippen molar-refractivity contribution in [2.75, 3.05) is 14.1 Å². The standard InChI is InChI=1S/C13H18Cl2N2/c1-5-9(2)13(17(3)4)16-10-6-7-11(14)12(15)8-10/h6-9H,5H2,1-4H3/t9-/m1/s1. The van der Waals surface area contributed by atoms with E-state index in [-0.39, 0.29) is 0 Å². The lowest BCUT2D eigenvalue weighted by Crippen LogP contribution is -2.27. The zero-order chi connectivity index (χ0) is 13.0. The van der Waals surface area contributed by atoms with Crippen molar-refractivity contribution in [3.63, 3.8) is 0 Å². The molecule has 17 heavy (non-hydrogen) atoms. The predicted octanol–water partition coefficient (Wildman–Crippen LogP) is 4.63. The fourth-order valence-corrected chi connectivity index (χ4v) is 1.81. The highest BCUT2D eigenvalue weighted by Gasteiger charge is 2.11. The Kier molecular flexibility index (Phi) is 5.29. The lowest BCUT2D eigenvalue weighted by molar-refractivity contribution is 0.553. The molecule has 0 aliphatic heterocycles. The van der Waals surface area contributed by atoms with Gasteiger partial charge in [0.1, 0.15) is 5.84 Å². The van der Waals surface area contributed by atoms with Crippen LogP contribution >= 0.6 is 23.2 Å². The summed E-state index contributed by atoms with van der Waals surface area (Å²) < 4.78 is 0. The van der Waals surface area contributed by atoms with Gasteiger partial charge in [0.2, 0.25) is 0 Å². The molecule has 1 atom stereocenters. The second kappa shape index (κ2) is 6.27. The zero-order valence-corrected chi connectivity index (χ0v) is 12.2. The van der Waals surface area contributed by atoms with E-state index < -0.39 is 0 Å². The number of hydrogen-bond acceptors (Lipinski definition) is 1. The molecular weight excluding hydrogens is 255 g/mol. The maximum Gasteiger partial charge on any atom is 0.107 e. The molecule has 2 nitrogen and oxygen atoms in total. The summed E-state index contributed by atoms with van der Waals surface area (Å²) in [5.74, 6) is 1.46. The van der Waals surface area contributed by atoms with Crippen LogP contribution in [0.5, 0.6) is 0 Å². The minimum atomic E-state index is 0.416. The molecule has 1 aromatic rings. The second-order valence-electron chi connectivity index (χ2n) is 4.27. The van der Waals surface area contributed by atoms with Crippen molar-refractivity contribution in [1.82, 2.24) is 4.90 Å². The number of rotatable bonds is 3. The van der Waals surface area contributed by atoms with Crippen LogP contribution in [0.1, 0.15) is 20.3 Å². The Hall–Kier alpha value is -0.730. The van der Waals surface area contributed by atoms with E-state index in [4.69, 9.17) is 23.2 Å². The Morgan fingerprint density at radius 1 is 1.29 bits per heavy atom. The Balaban J connectivity index is 3.08. The normalized spacial score (nSPS) is 13.6. The Morgan fingerprint density at radius 2 is 1.94 bits per heavy atom. The number of hydrogen-bond donors (Lipinski definition) is 0. The van der Waals surface area contributed by atoms with Gasteiger partial charge in [0, 0.05) is 20.0 Å². The largest absolute Gasteiger partial charge is 0.366 e. The molecule has 1 aromatic carbocycles. The third-order valence-electron chi connectivity index (χ3n) is 2.66. The Labute approximate surface area is 113 Å². The molecule has 0 radical (unpaired) electrons. The highest BCUT2D eigenvalue weighted by molar-refractivity contribution is 6.42. The van der Waals surface area contributed by atoms with E-state index in [1.807, 2.05) is 25.1 Å². The van der Waals surface area contributed by atoms with Crippen molar-refractivity contribution >= 4 is 34.7 Å². The number of halogens is 2. The monoisotopic (exact) mass is 272 g/mol. The van der Waals surface area contributed by atoms with Gasteiger partial charge in [-0.15, -0.1) is 0 Å². The van der Waals surface area contributed by atoms with Crippen molar-refractivity contribution in [1.29, 1.82) is 0 Å². The molecule has 0 aliphatic carbocycles. The van der Waals surface area contributed by atoms with Crippen molar-refractivity contribution < 1.29 is 0 Å².